The molecule has 0 fully saturated rings. The maximum Gasteiger partial charge on any atom is 0.335 e. The summed E-state index contributed by atoms with van der Waals surface area (Å²) in [6.07, 6.45) is 0. The Morgan fingerprint density at radius 1 is 1.00 bits per heavy atom. The number of hydrogen-bond donors (Lipinski definition) is 2. The van der Waals surface area contributed by atoms with Crippen LogP contribution < -0.4 is 14.2 Å². The minimum absolute atomic E-state index is 0.00932. The second-order valence-electron chi connectivity index (χ2n) is 4.50. The monoisotopic (exact) mass is 337 g/mol. The Morgan fingerprint density at radius 2 is 1.61 bits per heavy atom. The Bertz CT molecular complexity index is 814. The number of carbonyl (C=O) groups is 1. The second-order valence-corrected chi connectivity index (χ2v) is 6.19. The molecule has 23 heavy (non-hydrogen) atoms. The average Bonchev–Trinajstić information content (AvgIpc) is 2.54. The van der Waals surface area contributed by atoms with Gasteiger partial charge in [0, 0.05) is 6.07 Å². The van der Waals surface area contributed by atoms with Gasteiger partial charge in [-0.05, 0) is 36.4 Å². The molecule has 0 aliphatic rings. The zero-order valence-electron chi connectivity index (χ0n) is 12.4. The van der Waals surface area contributed by atoms with Crippen molar-refractivity contribution >= 4 is 21.7 Å². The number of anilines is 1. The number of nitrogens with one attached hydrogen (secondary N) is 1. The van der Waals surface area contributed by atoms with Crippen molar-refractivity contribution in [1.29, 1.82) is 0 Å². The summed E-state index contributed by atoms with van der Waals surface area (Å²) in [5.74, 6) is -0.267. The number of methoxy groups -OCH3 is 2. The number of sulfonamides is 1. The molecule has 122 valence electrons. The van der Waals surface area contributed by atoms with Crippen LogP contribution in [0.4, 0.5) is 5.69 Å². The van der Waals surface area contributed by atoms with Gasteiger partial charge in [-0.2, -0.15) is 0 Å². The molecule has 0 amide bonds. The Hall–Kier alpha value is -2.74. The predicted molar refractivity (Wildman–Crippen MR) is 83.8 cm³/mol. The van der Waals surface area contributed by atoms with E-state index in [0.29, 0.717) is 17.2 Å². The molecule has 8 heteroatoms. The third kappa shape index (κ3) is 3.72. The van der Waals surface area contributed by atoms with Crippen LogP contribution in [0.3, 0.4) is 0 Å². The topological polar surface area (TPSA) is 102 Å². The molecule has 0 saturated heterocycles. The van der Waals surface area contributed by atoms with Gasteiger partial charge >= 0.3 is 5.97 Å². The quantitative estimate of drug-likeness (QED) is 0.838. The largest absolute Gasteiger partial charge is 0.493 e. The lowest BCUT2D eigenvalue weighted by molar-refractivity contribution is 0.0696. The van der Waals surface area contributed by atoms with Gasteiger partial charge in [0.05, 0.1) is 30.4 Å². The first kappa shape index (κ1) is 16.6. The van der Waals surface area contributed by atoms with E-state index in [1.807, 2.05) is 0 Å². The van der Waals surface area contributed by atoms with Gasteiger partial charge in [0.1, 0.15) is 0 Å². The highest BCUT2D eigenvalue weighted by Crippen LogP contribution is 2.30. The molecule has 0 bridgehead atoms. The van der Waals surface area contributed by atoms with Crippen LogP contribution in [0, 0.1) is 0 Å². The summed E-state index contributed by atoms with van der Waals surface area (Å²) >= 11 is 0. The zero-order chi connectivity index (χ0) is 17.0. The van der Waals surface area contributed by atoms with E-state index < -0.39 is 16.0 Å². The van der Waals surface area contributed by atoms with E-state index in [9.17, 15) is 13.2 Å². The highest BCUT2D eigenvalue weighted by atomic mass is 32.2. The zero-order valence-corrected chi connectivity index (χ0v) is 13.3. The molecule has 0 atom stereocenters. The fraction of sp³-hybridized carbons (Fsp3) is 0.133. The fourth-order valence-electron chi connectivity index (χ4n) is 1.89. The molecule has 0 aromatic heterocycles. The van der Waals surface area contributed by atoms with Crippen molar-refractivity contribution in [1.82, 2.24) is 0 Å². The highest BCUT2D eigenvalue weighted by molar-refractivity contribution is 7.92. The lowest BCUT2D eigenvalue weighted by Gasteiger charge is -2.12. The van der Waals surface area contributed by atoms with Gasteiger partial charge in [0.25, 0.3) is 10.0 Å². The van der Waals surface area contributed by atoms with E-state index in [0.717, 1.165) is 0 Å². The van der Waals surface area contributed by atoms with Gasteiger partial charge in [-0.15, -0.1) is 0 Å². The van der Waals surface area contributed by atoms with E-state index in [1.165, 1.54) is 50.6 Å². The van der Waals surface area contributed by atoms with Gasteiger partial charge in [0.2, 0.25) is 0 Å². The molecule has 0 aliphatic heterocycles. The third-order valence-electron chi connectivity index (χ3n) is 3.05. The van der Waals surface area contributed by atoms with Crippen molar-refractivity contribution in [2.45, 2.75) is 4.90 Å². The van der Waals surface area contributed by atoms with Crippen LogP contribution in [0.25, 0.3) is 0 Å². The Kier molecular flexibility index (Phi) is 4.75. The highest BCUT2D eigenvalue weighted by Gasteiger charge is 2.16. The smallest absolute Gasteiger partial charge is 0.335 e. The van der Waals surface area contributed by atoms with Crippen LogP contribution in [0.1, 0.15) is 10.4 Å². The molecule has 2 aromatic rings. The number of benzene rings is 2. The summed E-state index contributed by atoms with van der Waals surface area (Å²) in [6.45, 7) is 0. The van der Waals surface area contributed by atoms with E-state index in [2.05, 4.69) is 4.72 Å². The first-order valence-corrected chi connectivity index (χ1v) is 7.94. The third-order valence-corrected chi connectivity index (χ3v) is 4.44. The number of carboxylic acid groups (broad SMARTS) is 1. The van der Waals surface area contributed by atoms with Gasteiger partial charge in [0.15, 0.2) is 11.5 Å². The Balaban J connectivity index is 2.29. The Labute approximate surface area is 133 Å². The minimum atomic E-state index is -3.84. The van der Waals surface area contributed by atoms with Gasteiger partial charge < -0.3 is 14.6 Å². The summed E-state index contributed by atoms with van der Waals surface area (Å²) in [7, 11) is -0.917. The second kappa shape index (κ2) is 6.57. The Morgan fingerprint density at radius 3 is 2.13 bits per heavy atom. The molecular formula is C15H15NO6S. The van der Waals surface area contributed by atoms with E-state index >= 15 is 0 Å². The van der Waals surface area contributed by atoms with Crippen molar-refractivity contribution in [3.8, 4) is 11.5 Å². The number of hydrogen-bond acceptors (Lipinski definition) is 5. The normalized spacial score (nSPS) is 10.9. The summed E-state index contributed by atoms with van der Waals surface area (Å²) in [5.41, 5.74) is 0.306. The van der Waals surface area contributed by atoms with Crippen LogP contribution in [0.2, 0.25) is 0 Å². The average molecular weight is 337 g/mol. The summed E-state index contributed by atoms with van der Waals surface area (Å²) in [6, 6.07) is 9.51. The fourth-order valence-corrected chi connectivity index (χ4v) is 2.94. The number of rotatable bonds is 6. The van der Waals surface area contributed by atoms with Crippen molar-refractivity contribution in [2.75, 3.05) is 18.9 Å². The lowest BCUT2D eigenvalue weighted by Crippen LogP contribution is -2.13. The van der Waals surface area contributed by atoms with Gasteiger partial charge in [-0.3, -0.25) is 4.72 Å². The predicted octanol–water partition coefficient (Wildman–Crippen LogP) is 2.20. The number of aromatic carboxylic acids is 1. The molecule has 2 rings (SSSR count). The van der Waals surface area contributed by atoms with Crippen molar-refractivity contribution in [2.24, 2.45) is 0 Å². The standard InChI is InChI=1S/C15H15NO6S/c1-21-13-8-5-11(9-14(13)22-2)16-23(19,20)12-6-3-10(4-7-12)15(17)18/h3-9,16H,1-2H3,(H,17,18). The van der Waals surface area contributed by atoms with Gasteiger partial charge in [-0.1, -0.05) is 0 Å². The first-order valence-electron chi connectivity index (χ1n) is 6.45. The van der Waals surface area contributed by atoms with Gasteiger partial charge in [-0.25, -0.2) is 13.2 Å². The molecule has 0 radical (unpaired) electrons. The van der Waals surface area contributed by atoms with E-state index in [4.69, 9.17) is 14.6 Å². The van der Waals surface area contributed by atoms with Crippen LogP contribution in [-0.2, 0) is 10.0 Å². The molecule has 0 unspecified atom stereocenters. The molecule has 2 N–H and O–H groups in total. The lowest BCUT2D eigenvalue weighted by atomic mass is 10.2. The number of carboxylic acids is 1. The number of ether oxygens (including phenoxy) is 2. The SMILES string of the molecule is COc1ccc(NS(=O)(=O)c2ccc(C(=O)O)cc2)cc1OC. The molecular weight excluding hydrogens is 322 g/mol. The van der Waals surface area contributed by atoms with E-state index in [-0.39, 0.29) is 10.5 Å². The van der Waals surface area contributed by atoms with Crippen molar-refractivity contribution in [3.63, 3.8) is 0 Å². The van der Waals surface area contributed by atoms with Crippen LogP contribution >= 0.6 is 0 Å². The molecule has 0 heterocycles. The summed E-state index contributed by atoms with van der Waals surface area (Å²) in [4.78, 5) is 10.7. The minimum Gasteiger partial charge on any atom is -0.493 e. The van der Waals surface area contributed by atoms with E-state index in [1.54, 1.807) is 6.07 Å². The molecule has 0 saturated carbocycles. The molecule has 7 nitrogen and oxygen atoms in total. The van der Waals surface area contributed by atoms with Crippen molar-refractivity contribution in [3.05, 3.63) is 48.0 Å². The van der Waals surface area contributed by atoms with Crippen LogP contribution in [-0.4, -0.2) is 33.7 Å². The molecule has 0 spiro atoms. The first-order chi connectivity index (χ1) is 10.9. The maximum atomic E-state index is 12.3. The summed E-state index contributed by atoms with van der Waals surface area (Å²) in [5, 5.41) is 8.83. The maximum absolute atomic E-state index is 12.3. The van der Waals surface area contributed by atoms with Crippen LogP contribution in [0.5, 0.6) is 11.5 Å². The summed E-state index contributed by atoms with van der Waals surface area (Å²) < 4.78 is 37.2. The van der Waals surface area contributed by atoms with Crippen molar-refractivity contribution < 1.29 is 27.8 Å². The molecule has 2 aromatic carbocycles. The van der Waals surface area contributed by atoms with Crippen LogP contribution in [0.15, 0.2) is 47.4 Å². The molecule has 0 aliphatic carbocycles.